The molecule has 0 radical (unpaired) electrons. The largest absolute Gasteiger partial charge is 0.503 e. The summed E-state index contributed by atoms with van der Waals surface area (Å²) in [5.41, 5.74) is 0.860. The van der Waals surface area contributed by atoms with Crippen molar-refractivity contribution < 1.29 is 9.63 Å². The zero-order valence-electron chi connectivity index (χ0n) is 7.79. The van der Waals surface area contributed by atoms with E-state index in [0.29, 0.717) is 27.1 Å². The highest BCUT2D eigenvalue weighted by atomic mass is 35.5. The second-order valence-corrected chi connectivity index (χ2v) is 3.82. The topological polar surface area (TPSA) is 46.3 Å². The van der Waals surface area contributed by atoms with Crippen LogP contribution >= 0.6 is 23.2 Å². The van der Waals surface area contributed by atoms with E-state index in [2.05, 4.69) is 5.16 Å². The minimum Gasteiger partial charge on any atom is -0.503 e. The molecule has 5 heteroatoms. The Labute approximate surface area is 96.2 Å². The van der Waals surface area contributed by atoms with E-state index in [1.54, 1.807) is 25.1 Å². The van der Waals surface area contributed by atoms with E-state index in [1.165, 1.54) is 0 Å². The number of halogens is 2. The molecule has 0 aliphatic rings. The van der Waals surface area contributed by atoms with Crippen molar-refractivity contribution in [3.8, 4) is 17.0 Å². The minimum atomic E-state index is -0.0147. The van der Waals surface area contributed by atoms with E-state index in [1.807, 2.05) is 0 Å². The van der Waals surface area contributed by atoms with Crippen LogP contribution in [0.1, 0.15) is 5.76 Å². The van der Waals surface area contributed by atoms with Gasteiger partial charge in [-0.3, -0.25) is 0 Å². The van der Waals surface area contributed by atoms with Crippen molar-refractivity contribution in [1.29, 1.82) is 0 Å². The van der Waals surface area contributed by atoms with Crippen LogP contribution in [0.3, 0.4) is 0 Å². The van der Waals surface area contributed by atoms with E-state index in [4.69, 9.17) is 27.7 Å². The third-order valence-electron chi connectivity index (χ3n) is 2.04. The molecule has 1 aromatic carbocycles. The lowest BCUT2D eigenvalue weighted by molar-refractivity contribution is 0.384. The summed E-state index contributed by atoms with van der Waals surface area (Å²) in [5.74, 6) is 0.334. The Morgan fingerprint density at radius 2 is 2.07 bits per heavy atom. The Morgan fingerprint density at radius 1 is 1.33 bits per heavy atom. The van der Waals surface area contributed by atoms with Gasteiger partial charge >= 0.3 is 0 Å². The van der Waals surface area contributed by atoms with Crippen molar-refractivity contribution in [2.75, 3.05) is 0 Å². The summed E-state index contributed by atoms with van der Waals surface area (Å²) in [5, 5.41) is 14.1. The lowest BCUT2D eigenvalue weighted by Crippen LogP contribution is -1.80. The van der Waals surface area contributed by atoms with Gasteiger partial charge in [0.25, 0.3) is 0 Å². The van der Waals surface area contributed by atoms with Crippen molar-refractivity contribution in [1.82, 2.24) is 5.16 Å². The highest BCUT2D eigenvalue weighted by molar-refractivity contribution is 6.43. The fourth-order valence-corrected chi connectivity index (χ4v) is 1.62. The first-order valence-corrected chi connectivity index (χ1v) is 4.96. The molecule has 0 atom stereocenters. The van der Waals surface area contributed by atoms with Gasteiger partial charge in [0, 0.05) is 12.5 Å². The lowest BCUT2D eigenvalue weighted by atomic mass is 10.1. The smallest absolute Gasteiger partial charge is 0.186 e. The average Bonchev–Trinajstić information content (AvgIpc) is 2.53. The molecule has 1 N–H and O–H groups in total. The fraction of sp³-hybridized carbons (Fsp3) is 0.100. The summed E-state index contributed by atoms with van der Waals surface area (Å²) in [7, 11) is 0. The molecule has 3 nitrogen and oxygen atoms in total. The maximum absolute atomic E-state index is 9.65. The van der Waals surface area contributed by atoms with E-state index < -0.39 is 0 Å². The number of aryl methyl sites for hydroxylation is 1. The van der Waals surface area contributed by atoms with Crippen LogP contribution < -0.4 is 0 Å². The molecule has 0 saturated heterocycles. The molecule has 0 saturated carbocycles. The number of benzene rings is 1. The monoisotopic (exact) mass is 243 g/mol. The Bertz CT molecular complexity index is 508. The number of aromatic hydroxyl groups is 1. The maximum Gasteiger partial charge on any atom is 0.186 e. The normalized spacial score (nSPS) is 10.6. The summed E-state index contributed by atoms with van der Waals surface area (Å²) < 4.78 is 4.84. The lowest BCUT2D eigenvalue weighted by Gasteiger charge is -2.01. The molecule has 1 aromatic heterocycles. The molecule has 0 amide bonds. The van der Waals surface area contributed by atoms with Gasteiger partial charge in [0.2, 0.25) is 0 Å². The van der Waals surface area contributed by atoms with Crippen LogP contribution in [0, 0.1) is 6.92 Å². The van der Waals surface area contributed by atoms with Crippen LogP contribution in [0.15, 0.2) is 22.7 Å². The van der Waals surface area contributed by atoms with Crippen molar-refractivity contribution in [3.63, 3.8) is 0 Å². The number of hydrogen-bond acceptors (Lipinski definition) is 3. The van der Waals surface area contributed by atoms with Crippen molar-refractivity contribution >= 4 is 23.2 Å². The molecule has 15 heavy (non-hydrogen) atoms. The Morgan fingerprint density at radius 3 is 2.67 bits per heavy atom. The molecule has 2 aromatic rings. The first-order valence-electron chi connectivity index (χ1n) is 4.21. The van der Waals surface area contributed by atoms with Gasteiger partial charge in [-0.1, -0.05) is 40.5 Å². The molecule has 1 heterocycles. The molecular formula is C10H7Cl2NO2. The standard InChI is InChI=1S/C10H7Cl2NO2/c1-5-10(14)9(13-15-5)6-3-2-4-7(11)8(6)12/h2-4,14H,1H3. The summed E-state index contributed by atoms with van der Waals surface area (Å²) in [4.78, 5) is 0. The summed E-state index contributed by atoms with van der Waals surface area (Å²) in [6.07, 6.45) is 0. The molecule has 2 rings (SSSR count). The molecule has 0 bridgehead atoms. The number of aromatic nitrogens is 1. The molecule has 0 unspecified atom stereocenters. The van der Waals surface area contributed by atoms with Crippen molar-refractivity contribution in [3.05, 3.63) is 34.0 Å². The number of hydrogen-bond donors (Lipinski definition) is 1. The number of nitrogens with zero attached hydrogens (tertiary/aromatic N) is 1. The molecule has 0 aliphatic carbocycles. The molecular weight excluding hydrogens is 237 g/mol. The van der Waals surface area contributed by atoms with Crippen LogP contribution in [0.5, 0.6) is 5.75 Å². The van der Waals surface area contributed by atoms with Gasteiger partial charge in [0.05, 0.1) is 10.0 Å². The maximum atomic E-state index is 9.65. The van der Waals surface area contributed by atoms with Crippen LogP contribution in [-0.2, 0) is 0 Å². The summed E-state index contributed by atoms with van der Waals surface area (Å²) >= 11 is 11.8. The van der Waals surface area contributed by atoms with E-state index >= 15 is 0 Å². The van der Waals surface area contributed by atoms with Gasteiger partial charge in [-0.05, 0) is 6.07 Å². The minimum absolute atomic E-state index is 0.0147. The predicted molar refractivity (Wildman–Crippen MR) is 58.4 cm³/mol. The second-order valence-electron chi connectivity index (χ2n) is 3.04. The Balaban J connectivity index is 2.64. The van der Waals surface area contributed by atoms with Gasteiger partial charge < -0.3 is 9.63 Å². The van der Waals surface area contributed by atoms with E-state index in [-0.39, 0.29) is 5.75 Å². The Kier molecular flexibility index (Phi) is 2.59. The molecule has 0 spiro atoms. The van der Waals surface area contributed by atoms with Crippen LogP contribution in [0.2, 0.25) is 10.0 Å². The van der Waals surface area contributed by atoms with E-state index in [9.17, 15) is 5.11 Å². The Hall–Kier alpha value is -1.19. The second kappa shape index (κ2) is 3.76. The van der Waals surface area contributed by atoms with Crippen LogP contribution in [-0.4, -0.2) is 10.3 Å². The van der Waals surface area contributed by atoms with Gasteiger partial charge in [0.15, 0.2) is 17.2 Å². The highest BCUT2D eigenvalue weighted by Gasteiger charge is 2.17. The first kappa shape index (κ1) is 10.3. The van der Waals surface area contributed by atoms with E-state index in [0.717, 1.165) is 0 Å². The fourth-order valence-electron chi connectivity index (χ4n) is 1.23. The van der Waals surface area contributed by atoms with Crippen LogP contribution in [0.25, 0.3) is 11.3 Å². The highest BCUT2D eigenvalue weighted by Crippen LogP contribution is 2.38. The molecule has 0 fully saturated rings. The third-order valence-corrected chi connectivity index (χ3v) is 2.86. The first-order chi connectivity index (χ1) is 7.11. The summed E-state index contributed by atoms with van der Waals surface area (Å²) in [6, 6.07) is 5.11. The van der Waals surface area contributed by atoms with Gasteiger partial charge in [-0.15, -0.1) is 0 Å². The average molecular weight is 244 g/mol. The SMILES string of the molecule is Cc1onc(-c2cccc(Cl)c2Cl)c1O. The molecule has 78 valence electrons. The van der Waals surface area contributed by atoms with Crippen LogP contribution in [0.4, 0.5) is 0 Å². The van der Waals surface area contributed by atoms with Crippen molar-refractivity contribution in [2.45, 2.75) is 6.92 Å². The zero-order valence-corrected chi connectivity index (χ0v) is 9.30. The summed E-state index contributed by atoms with van der Waals surface area (Å²) in [6.45, 7) is 1.62. The predicted octanol–water partition coefficient (Wildman–Crippen LogP) is 3.66. The number of rotatable bonds is 1. The van der Waals surface area contributed by atoms with Gasteiger partial charge in [-0.2, -0.15) is 0 Å². The quantitative estimate of drug-likeness (QED) is 0.832. The third kappa shape index (κ3) is 1.68. The molecule has 0 aliphatic heterocycles. The zero-order chi connectivity index (χ0) is 11.0. The van der Waals surface area contributed by atoms with Gasteiger partial charge in [0.1, 0.15) is 0 Å². The van der Waals surface area contributed by atoms with Crippen molar-refractivity contribution in [2.24, 2.45) is 0 Å². The van der Waals surface area contributed by atoms with Gasteiger partial charge in [-0.25, -0.2) is 0 Å².